The van der Waals surface area contributed by atoms with Gasteiger partial charge < -0.3 is 4.90 Å². The largest absolute Gasteiger partial charge is 0.310 e. The summed E-state index contributed by atoms with van der Waals surface area (Å²) in [5.41, 5.74) is 1.82. The van der Waals surface area contributed by atoms with Crippen molar-refractivity contribution in [2.24, 2.45) is 0 Å². The first-order valence-electron chi connectivity index (χ1n) is 19.4. The first kappa shape index (κ1) is 16.1. The van der Waals surface area contributed by atoms with Gasteiger partial charge in [-0.15, -0.1) is 0 Å². The molecule has 0 bridgehead atoms. The first-order chi connectivity index (χ1) is 25.9. The van der Waals surface area contributed by atoms with Gasteiger partial charge in [0.1, 0.15) is 0 Å². The van der Waals surface area contributed by atoms with Crippen LogP contribution in [-0.2, 0) is 0 Å². The Kier molecular flexibility index (Phi) is 3.98. The zero-order valence-electron chi connectivity index (χ0n) is 33.8. The topological polar surface area (TPSA) is 3.24 Å². The van der Waals surface area contributed by atoms with Crippen LogP contribution in [0.3, 0.4) is 0 Å². The van der Waals surface area contributed by atoms with E-state index < -0.39 is 54.4 Å². The molecular weight excluding hydrogens is 518 g/mol. The second-order valence-corrected chi connectivity index (χ2v) is 10.2. The molecule has 8 aromatic rings. The van der Waals surface area contributed by atoms with Crippen molar-refractivity contribution in [3.63, 3.8) is 0 Å². The Morgan fingerprint density at radius 1 is 0.395 bits per heavy atom. The average molecular weight is 559 g/mol. The van der Waals surface area contributed by atoms with Gasteiger partial charge >= 0.3 is 0 Å². The van der Waals surface area contributed by atoms with Gasteiger partial charge in [-0.3, -0.25) is 0 Å². The number of fused-ring (bicyclic) bond motifs is 3. The Hall–Kier alpha value is -5.66. The van der Waals surface area contributed by atoms with Crippen LogP contribution in [0, 0.1) is 0 Å². The number of hydrogen-bond donors (Lipinski definition) is 0. The van der Waals surface area contributed by atoms with Crippen molar-refractivity contribution in [3.05, 3.63) is 176 Å². The molecule has 8 aromatic carbocycles. The van der Waals surface area contributed by atoms with Crippen molar-refractivity contribution < 1.29 is 15.1 Å². The molecule has 43 heavy (non-hydrogen) atoms. The van der Waals surface area contributed by atoms with E-state index in [1.54, 1.807) is 30.3 Å². The Morgan fingerprint density at radius 2 is 1.02 bits per heavy atom. The summed E-state index contributed by atoms with van der Waals surface area (Å²) >= 11 is 0. The van der Waals surface area contributed by atoms with Crippen LogP contribution >= 0.6 is 0 Å². The predicted octanol–water partition coefficient (Wildman–Crippen LogP) is 11.9. The van der Waals surface area contributed by atoms with Crippen molar-refractivity contribution in [2.45, 2.75) is 0 Å². The molecule has 8 rings (SSSR count). The van der Waals surface area contributed by atoms with Crippen LogP contribution in [0.15, 0.2) is 176 Å². The van der Waals surface area contributed by atoms with Crippen LogP contribution in [0.5, 0.6) is 0 Å². The molecule has 0 fully saturated rings. The molecule has 0 aromatic heterocycles. The van der Waals surface area contributed by atoms with Crippen LogP contribution in [0.25, 0.3) is 54.6 Å². The van der Waals surface area contributed by atoms with Crippen molar-refractivity contribution in [1.82, 2.24) is 0 Å². The minimum absolute atomic E-state index is 0.0494. The van der Waals surface area contributed by atoms with Gasteiger partial charge in [-0.05, 0) is 91.6 Å². The van der Waals surface area contributed by atoms with Crippen molar-refractivity contribution >= 4 is 49.4 Å². The standard InChI is InChI=1S/C42H29N/c1-3-13-33-26-37(24-22-30(33)10-1)35-16-7-18-39(28-35)43(42-21-9-15-32-12-5-6-20-41(32)42)40-19-8-17-36(29-40)38-25-23-31-11-2-4-14-34(31)27-38/h1-29H/i5D,6D,7D,9D,12D,15D,16D,18D,20D,21D,28D. The SMILES string of the molecule is [2H]c1c([2H])c(-c2ccc3ccccc3c2)c([2H])c(N(c2cccc(-c3ccc4ccccc4c3)c2)c2c([2H])c([2H])c([2H])c3c([2H])c([2H])c([2H])c([2H])c23)c1[2H]. The number of benzene rings is 8. The van der Waals surface area contributed by atoms with Crippen LogP contribution in [0.1, 0.15) is 15.1 Å². The molecule has 0 N–H and O–H groups in total. The molecule has 0 atom stereocenters. The third kappa shape index (κ3) is 4.71. The van der Waals surface area contributed by atoms with Crippen LogP contribution in [0.4, 0.5) is 17.1 Å². The molecule has 0 aliphatic heterocycles. The molecule has 0 heterocycles. The summed E-state index contributed by atoms with van der Waals surface area (Å²) in [6, 6.07) is 28.0. The second kappa shape index (κ2) is 10.6. The summed E-state index contributed by atoms with van der Waals surface area (Å²) < 4.78 is 98.6. The molecule has 0 saturated heterocycles. The lowest BCUT2D eigenvalue weighted by molar-refractivity contribution is 1.30. The van der Waals surface area contributed by atoms with E-state index in [0.29, 0.717) is 11.1 Å². The minimum atomic E-state index is -0.619. The van der Waals surface area contributed by atoms with Gasteiger partial charge in [0, 0.05) is 16.8 Å². The van der Waals surface area contributed by atoms with Crippen LogP contribution in [-0.4, -0.2) is 0 Å². The fourth-order valence-corrected chi connectivity index (χ4v) is 5.47. The quantitative estimate of drug-likeness (QED) is 0.203. The lowest BCUT2D eigenvalue weighted by atomic mass is 9.99. The molecule has 0 unspecified atom stereocenters. The van der Waals surface area contributed by atoms with E-state index in [1.165, 1.54) is 4.90 Å². The van der Waals surface area contributed by atoms with Crippen molar-refractivity contribution in [1.29, 1.82) is 0 Å². The normalized spacial score (nSPS) is 14.8. The summed E-state index contributed by atoms with van der Waals surface area (Å²) in [6.45, 7) is 0. The monoisotopic (exact) mass is 558 g/mol. The minimum Gasteiger partial charge on any atom is -0.310 e. The number of anilines is 3. The van der Waals surface area contributed by atoms with Crippen molar-refractivity contribution in [2.75, 3.05) is 4.90 Å². The molecular formula is C42H29N. The lowest BCUT2D eigenvalue weighted by Crippen LogP contribution is -2.10. The summed E-state index contributed by atoms with van der Waals surface area (Å²) in [5, 5.41) is 3.25. The highest BCUT2D eigenvalue weighted by molar-refractivity contribution is 6.00. The molecule has 202 valence electrons. The Labute approximate surface area is 267 Å². The maximum absolute atomic E-state index is 9.69. The third-order valence-electron chi connectivity index (χ3n) is 7.58. The molecule has 0 saturated carbocycles. The van der Waals surface area contributed by atoms with E-state index in [1.807, 2.05) is 78.9 Å². The van der Waals surface area contributed by atoms with Crippen LogP contribution in [0.2, 0.25) is 0 Å². The molecule has 1 heteroatoms. The average Bonchev–Trinajstić information content (AvgIpc) is 3.19. The first-order valence-corrected chi connectivity index (χ1v) is 13.9. The van der Waals surface area contributed by atoms with E-state index in [0.717, 1.165) is 27.1 Å². The highest BCUT2D eigenvalue weighted by Gasteiger charge is 2.17. The summed E-state index contributed by atoms with van der Waals surface area (Å²) in [7, 11) is 0. The van der Waals surface area contributed by atoms with Gasteiger partial charge in [0.05, 0.1) is 20.8 Å². The van der Waals surface area contributed by atoms with Gasteiger partial charge in [-0.2, -0.15) is 0 Å². The van der Waals surface area contributed by atoms with Crippen molar-refractivity contribution in [3.8, 4) is 22.3 Å². The van der Waals surface area contributed by atoms with Crippen LogP contribution < -0.4 is 4.90 Å². The Morgan fingerprint density at radius 3 is 1.79 bits per heavy atom. The molecule has 0 radical (unpaired) electrons. The number of rotatable bonds is 5. The van der Waals surface area contributed by atoms with Gasteiger partial charge in [0.2, 0.25) is 0 Å². The maximum Gasteiger partial charge on any atom is 0.0651 e. The zero-order chi connectivity index (χ0) is 38.2. The number of nitrogens with zero attached hydrogens (tertiary/aromatic N) is 1. The summed E-state index contributed by atoms with van der Waals surface area (Å²) in [6.07, 6.45) is 0. The summed E-state index contributed by atoms with van der Waals surface area (Å²) in [4.78, 5) is 1.32. The molecule has 0 amide bonds. The van der Waals surface area contributed by atoms with Gasteiger partial charge in [-0.25, -0.2) is 0 Å². The fourth-order valence-electron chi connectivity index (χ4n) is 5.47. The third-order valence-corrected chi connectivity index (χ3v) is 7.58. The van der Waals surface area contributed by atoms with E-state index in [-0.39, 0.29) is 45.5 Å². The van der Waals surface area contributed by atoms with E-state index >= 15 is 0 Å². The van der Waals surface area contributed by atoms with E-state index in [2.05, 4.69) is 0 Å². The predicted molar refractivity (Wildman–Crippen MR) is 185 cm³/mol. The van der Waals surface area contributed by atoms with E-state index in [4.69, 9.17) is 11.0 Å². The lowest BCUT2D eigenvalue weighted by Gasteiger charge is -2.28. The highest BCUT2D eigenvalue weighted by Crippen LogP contribution is 2.41. The highest BCUT2D eigenvalue weighted by atomic mass is 15.1. The number of hydrogen-bond acceptors (Lipinski definition) is 1. The molecule has 0 aliphatic rings. The Balaban J connectivity index is 1.50. The fraction of sp³-hybridized carbons (Fsp3) is 0. The van der Waals surface area contributed by atoms with Gasteiger partial charge in [0.25, 0.3) is 0 Å². The molecule has 0 aliphatic carbocycles. The second-order valence-electron chi connectivity index (χ2n) is 10.2. The van der Waals surface area contributed by atoms with E-state index in [9.17, 15) is 4.11 Å². The summed E-state index contributed by atoms with van der Waals surface area (Å²) in [5.74, 6) is 0. The molecule has 0 spiro atoms. The smallest absolute Gasteiger partial charge is 0.0651 e. The Bertz CT molecular complexity index is 2860. The van der Waals surface area contributed by atoms with Gasteiger partial charge in [0.15, 0.2) is 0 Å². The maximum atomic E-state index is 9.69. The molecule has 1 nitrogen and oxygen atoms in total. The zero-order valence-corrected chi connectivity index (χ0v) is 22.8. The van der Waals surface area contributed by atoms with Gasteiger partial charge in [-0.1, -0.05) is 133 Å².